The Balaban J connectivity index is 3.01. The largest absolute Gasteiger partial charge is 0.416 e. The van der Waals surface area contributed by atoms with Gasteiger partial charge in [-0.15, -0.1) is 0 Å². The van der Waals surface area contributed by atoms with Gasteiger partial charge in [-0.05, 0) is 25.2 Å². The first-order chi connectivity index (χ1) is 8.65. The molecule has 0 aliphatic heterocycles. The minimum absolute atomic E-state index is 0.0932. The predicted molar refractivity (Wildman–Crippen MR) is 62.7 cm³/mol. The summed E-state index contributed by atoms with van der Waals surface area (Å²) in [4.78, 5) is 0. The van der Waals surface area contributed by atoms with Crippen LogP contribution < -0.4 is 10.0 Å². The highest BCUT2D eigenvalue weighted by molar-refractivity contribution is 7.92. The fraction of sp³-hybridized carbons (Fsp3) is 0.400. The first-order valence-corrected chi connectivity index (χ1v) is 6.83. The van der Waals surface area contributed by atoms with Gasteiger partial charge >= 0.3 is 6.18 Å². The summed E-state index contributed by atoms with van der Waals surface area (Å²) in [5, 5.41) is 2.57. The SMILES string of the molecule is CNCCS(=O)(=O)Nc1cc(C(F)(F)F)ccc1F. The Bertz CT molecular complexity index is 543. The zero-order valence-electron chi connectivity index (χ0n) is 9.88. The number of rotatable bonds is 5. The van der Waals surface area contributed by atoms with Crippen molar-refractivity contribution in [3.8, 4) is 0 Å². The summed E-state index contributed by atoms with van der Waals surface area (Å²) >= 11 is 0. The second-order valence-corrected chi connectivity index (χ2v) is 5.56. The monoisotopic (exact) mass is 300 g/mol. The molecule has 9 heteroatoms. The molecule has 1 rings (SSSR count). The Morgan fingerprint density at radius 3 is 2.42 bits per heavy atom. The molecule has 108 valence electrons. The minimum Gasteiger partial charge on any atom is -0.319 e. The molecule has 2 N–H and O–H groups in total. The Morgan fingerprint density at radius 1 is 1.26 bits per heavy atom. The van der Waals surface area contributed by atoms with Crippen LogP contribution in [-0.4, -0.2) is 27.8 Å². The molecule has 0 spiro atoms. The van der Waals surface area contributed by atoms with Gasteiger partial charge in [-0.25, -0.2) is 12.8 Å². The summed E-state index contributed by atoms with van der Waals surface area (Å²) in [6.45, 7) is 0.0932. The lowest BCUT2D eigenvalue weighted by Crippen LogP contribution is -2.25. The van der Waals surface area contributed by atoms with Crippen LogP contribution >= 0.6 is 0 Å². The van der Waals surface area contributed by atoms with Crippen molar-refractivity contribution in [3.05, 3.63) is 29.6 Å². The second-order valence-electron chi connectivity index (χ2n) is 3.72. The Morgan fingerprint density at radius 2 is 1.89 bits per heavy atom. The van der Waals surface area contributed by atoms with Crippen LogP contribution in [0.5, 0.6) is 0 Å². The van der Waals surface area contributed by atoms with Crippen molar-refractivity contribution in [2.45, 2.75) is 6.18 Å². The summed E-state index contributed by atoms with van der Waals surface area (Å²) in [5.41, 5.74) is -1.84. The average molecular weight is 300 g/mol. The van der Waals surface area contributed by atoms with Crippen LogP contribution in [0.2, 0.25) is 0 Å². The number of halogens is 4. The molecule has 0 saturated carbocycles. The van der Waals surface area contributed by atoms with Crippen molar-refractivity contribution in [2.24, 2.45) is 0 Å². The van der Waals surface area contributed by atoms with E-state index in [9.17, 15) is 26.0 Å². The Labute approximate surface area is 107 Å². The molecule has 0 fully saturated rings. The van der Waals surface area contributed by atoms with Crippen molar-refractivity contribution >= 4 is 15.7 Å². The van der Waals surface area contributed by atoms with E-state index in [4.69, 9.17) is 0 Å². The first-order valence-electron chi connectivity index (χ1n) is 5.17. The molecular formula is C10H12F4N2O2S. The first kappa shape index (κ1) is 15.7. The standard InChI is InChI=1S/C10H12F4N2O2S/c1-15-4-5-19(17,18)16-9-6-7(10(12,13)14)2-3-8(9)11/h2-3,6,15-16H,4-5H2,1H3. The maximum atomic E-state index is 13.3. The number of hydrogen-bond acceptors (Lipinski definition) is 3. The van der Waals surface area contributed by atoms with Crippen LogP contribution in [0.15, 0.2) is 18.2 Å². The molecule has 0 aromatic heterocycles. The molecular weight excluding hydrogens is 288 g/mol. The molecule has 19 heavy (non-hydrogen) atoms. The summed E-state index contributed by atoms with van der Waals surface area (Å²) < 4.78 is 75.3. The Hall–Kier alpha value is -1.35. The molecule has 0 bridgehead atoms. The smallest absolute Gasteiger partial charge is 0.319 e. The average Bonchev–Trinajstić information content (AvgIpc) is 2.28. The van der Waals surface area contributed by atoms with Crippen LogP contribution in [-0.2, 0) is 16.2 Å². The van der Waals surface area contributed by atoms with Crippen LogP contribution in [0.1, 0.15) is 5.56 Å². The zero-order valence-corrected chi connectivity index (χ0v) is 10.7. The maximum Gasteiger partial charge on any atom is 0.416 e. The number of benzene rings is 1. The summed E-state index contributed by atoms with van der Waals surface area (Å²) in [6.07, 6.45) is -4.67. The van der Waals surface area contributed by atoms with Gasteiger partial charge in [0, 0.05) is 6.54 Å². The number of hydrogen-bond donors (Lipinski definition) is 2. The molecule has 0 aliphatic carbocycles. The quantitative estimate of drug-likeness (QED) is 0.815. The van der Waals surface area contributed by atoms with Crippen LogP contribution in [0.3, 0.4) is 0 Å². The molecule has 1 aromatic carbocycles. The number of sulfonamides is 1. The number of alkyl halides is 3. The molecule has 4 nitrogen and oxygen atoms in total. The third-order valence-electron chi connectivity index (χ3n) is 2.18. The van der Waals surface area contributed by atoms with E-state index in [-0.39, 0.29) is 12.3 Å². The van der Waals surface area contributed by atoms with Crippen molar-refractivity contribution < 1.29 is 26.0 Å². The fourth-order valence-electron chi connectivity index (χ4n) is 1.23. The van der Waals surface area contributed by atoms with E-state index in [2.05, 4.69) is 5.32 Å². The normalized spacial score (nSPS) is 12.5. The van der Waals surface area contributed by atoms with Crippen molar-refractivity contribution in [3.63, 3.8) is 0 Å². The number of nitrogens with one attached hydrogen (secondary N) is 2. The highest BCUT2D eigenvalue weighted by Gasteiger charge is 2.31. The maximum absolute atomic E-state index is 13.3. The molecule has 0 amide bonds. The molecule has 0 aliphatic rings. The molecule has 0 atom stereocenters. The topological polar surface area (TPSA) is 58.2 Å². The van der Waals surface area contributed by atoms with E-state index in [1.54, 1.807) is 4.72 Å². The molecule has 0 unspecified atom stereocenters. The number of anilines is 1. The van der Waals surface area contributed by atoms with Gasteiger partial charge in [-0.3, -0.25) is 4.72 Å². The fourth-order valence-corrected chi connectivity index (χ4v) is 2.30. The third kappa shape index (κ3) is 4.67. The van der Waals surface area contributed by atoms with Gasteiger partial charge in [0.25, 0.3) is 0 Å². The van der Waals surface area contributed by atoms with Gasteiger partial charge in [0.2, 0.25) is 10.0 Å². The minimum atomic E-state index is -4.67. The lowest BCUT2D eigenvalue weighted by Gasteiger charge is -2.12. The van der Waals surface area contributed by atoms with E-state index in [1.807, 2.05) is 0 Å². The van der Waals surface area contributed by atoms with Crippen molar-refractivity contribution in [2.75, 3.05) is 24.1 Å². The molecule has 1 aromatic rings. The van der Waals surface area contributed by atoms with Gasteiger partial charge in [-0.1, -0.05) is 0 Å². The van der Waals surface area contributed by atoms with E-state index in [0.29, 0.717) is 18.2 Å². The van der Waals surface area contributed by atoms with Gasteiger partial charge in [0.1, 0.15) is 5.82 Å². The highest BCUT2D eigenvalue weighted by atomic mass is 32.2. The summed E-state index contributed by atoms with van der Waals surface area (Å²) in [7, 11) is -2.39. The predicted octanol–water partition coefficient (Wildman–Crippen LogP) is 1.81. The lowest BCUT2D eigenvalue weighted by molar-refractivity contribution is -0.137. The van der Waals surface area contributed by atoms with E-state index in [0.717, 1.165) is 0 Å². The van der Waals surface area contributed by atoms with Crippen LogP contribution in [0, 0.1) is 5.82 Å². The van der Waals surface area contributed by atoms with E-state index in [1.165, 1.54) is 7.05 Å². The van der Waals surface area contributed by atoms with E-state index < -0.39 is 33.3 Å². The zero-order chi connectivity index (χ0) is 14.7. The van der Waals surface area contributed by atoms with Gasteiger partial charge in [0.15, 0.2) is 0 Å². The van der Waals surface area contributed by atoms with Crippen molar-refractivity contribution in [1.82, 2.24) is 5.32 Å². The summed E-state index contributed by atoms with van der Waals surface area (Å²) in [5.74, 6) is -1.44. The lowest BCUT2D eigenvalue weighted by atomic mass is 10.2. The van der Waals surface area contributed by atoms with Gasteiger partial charge in [0.05, 0.1) is 17.0 Å². The molecule has 0 saturated heterocycles. The Kier molecular flexibility index (Phi) is 4.75. The highest BCUT2D eigenvalue weighted by Crippen LogP contribution is 2.32. The van der Waals surface area contributed by atoms with Gasteiger partial charge < -0.3 is 5.32 Å². The van der Waals surface area contributed by atoms with Gasteiger partial charge in [-0.2, -0.15) is 13.2 Å². The third-order valence-corrected chi connectivity index (χ3v) is 3.45. The molecule has 0 radical (unpaired) electrons. The van der Waals surface area contributed by atoms with Crippen molar-refractivity contribution in [1.29, 1.82) is 0 Å². The van der Waals surface area contributed by atoms with Crippen LogP contribution in [0.25, 0.3) is 0 Å². The second kappa shape index (κ2) is 5.74. The van der Waals surface area contributed by atoms with E-state index >= 15 is 0 Å². The molecule has 0 heterocycles. The van der Waals surface area contributed by atoms with Crippen LogP contribution in [0.4, 0.5) is 23.2 Å². The summed E-state index contributed by atoms with van der Waals surface area (Å²) in [6, 6.07) is 1.53.